The normalized spacial score (nSPS) is 55.0. The summed E-state index contributed by atoms with van der Waals surface area (Å²) in [5.74, 6) is 1.90. The van der Waals surface area contributed by atoms with Crippen molar-refractivity contribution in [1.82, 2.24) is 5.32 Å². The summed E-state index contributed by atoms with van der Waals surface area (Å²) in [4.78, 5) is 12.2. The molecule has 0 radical (unpaired) electrons. The van der Waals surface area contributed by atoms with Crippen molar-refractivity contribution >= 4 is 6.09 Å². The Hall–Kier alpha value is -0.850. The lowest BCUT2D eigenvalue weighted by atomic mass is 9.41. The fourth-order valence-corrected chi connectivity index (χ4v) is 12.4. The molecular formula is C32H53NO5. The maximum atomic E-state index is 12.4. The van der Waals surface area contributed by atoms with E-state index in [0.717, 1.165) is 32.1 Å². The maximum absolute atomic E-state index is 12.4. The minimum Gasteiger partial charge on any atom is -0.443 e. The smallest absolute Gasteiger partial charge is 0.407 e. The van der Waals surface area contributed by atoms with Gasteiger partial charge in [-0.15, -0.1) is 0 Å². The van der Waals surface area contributed by atoms with Gasteiger partial charge in [0.1, 0.15) is 6.10 Å². The van der Waals surface area contributed by atoms with Crippen LogP contribution < -0.4 is 5.32 Å². The third-order valence-corrected chi connectivity index (χ3v) is 14.3. The summed E-state index contributed by atoms with van der Waals surface area (Å²) in [6.45, 7) is 16.0. The molecule has 1 heterocycles. The van der Waals surface area contributed by atoms with Gasteiger partial charge in [0.2, 0.25) is 0 Å². The highest BCUT2D eigenvalue weighted by atomic mass is 16.6. The molecule has 216 valence electrons. The van der Waals surface area contributed by atoms with Crippen LogP contribution in [0.15, 0.2) is 0 Å². The predicted molar refractivity (Wildman–Crippen MR) is 146 cm³/mol. The standard InChI is InChI=1S/C32H53NO5/c1-17(2)24(38-27(36)33-8)19-15-18(3)23-25(37-19)26(35)30(7)21-10-9-20-28(4,5)22(34)11-12-31(20)16-32(21,31)14-13-29(23,30)6/h17-26,34-35H,9-16H2,1-8H3,(H,33,36)/t18-,19?,20+,21?,22?,23+,24?,25?,26+,29?,30?,31?,32?/m1/s1. The van der Waals surface area contributed by atoms with Gasteiger partial charge in [0.25, 0.3) is 0 Å². The summed E-state index contributed by atoms with van der Waals surface area (Å²) >= 11 is 0. The van der Waals surface area contributed by atoms with Crippen molar-refractivity contribution in [3.63, 3.8) is 0 Å². The molecule has 1 aliphatic heterocycles. The SMILES string of the molecule is CNC(=O)OC(C(C)C)C1C[C@@H](C)[C@H]2C(O1)[C@H](O)C1(C)C3CC[C@H]4C(C)(C)C(O)CCC45CC35CCC21C. The molecule has 3 N–H and O–H groups in total. The van der Waals surface area contributed by atoms with Gasteiger partial charge in [0.05, 0.1) is 24.4 Å². The van der Waals surface area contributed by atoms with Gasteiger partial charge in [-0.2, -0.15) is 0 Å². The first-order valence-corrected chi connectivity index (χ1v) is 15.6. The number of carbonyl (C=O) groups is 1. The molecule has 2 spiro atoms. The Kier molecular flexibility index (Phi) is 6.00. The van der Waals surface area contributed by atoms with E-state index in [1.165, 1.54) is 19.3 Å². The van der Waals surface area contributed by atoms with Crippen LogP contribution in [0.4, 0.5) is 4.79 Å². The first kappa shape index (κ1) is 27.3. The van der Waals surface area contributed by atoms with E-state index in [9.17, 15) is 15.0 Å². The molecule has 6 fully saturated rings. The molecule has 6 aliphatic rings. The van der Waals surface area contributed by atoms with Gasteiger partial charge in [-0.05, 0) is 103 Å². The zero-order valence-corrected chi connectivity index (χ0v) is 25.0. The first-order valence-electron chi connectivity index (χ1n) is 15.6. The number of rotatable bonds is 3. The van der Waals surface area contributed by atoms with Crippen molar-refractivity contribution in [2.75, 3.05) is 7.05 Å². The lowest BCUT2D eigenvalue weighted by molar-refractivity contribution is -0.184. The van der Waals surface area contributed by atoms with Crippen molar-refractivity contribution in [3.05, 3.63) is 0 Å². The van der Waals surface area contributed by atoms with Crippen LogP contribution >= 0.6 is 0 Å². The summed E-state index contributed by atoms with van der Waals surface area (Å²) in [5.41, 5.74) is 0.440. The number of nitrogens with one attached hydrogen (secondary N) is 1. The number of carbonyl (C=O) groups excluding carboxylic acids is 1. The second kappa shape index (κ2) is 8.35. The highest BCUT2D eigenvalue weighted by Gasteiger charge is 2.84. The summed E-state index contributed by atoms with van der Waals surface area (Å²) in [7, 11) is 1.59. The maximum Gasteiger partial charge on any atom is 0.407 e. The molecule has 0 aromatic rings. The zero-order valence-electron chi connectivity index (χ0n) is 25.0. The number of amides is 1. The Labute approximate surface area is 230 Å². The Bertz CT molecular complexity index is 983. The number of ether oxygens (including phenoxy) is 2. The topological polar surface area (TPSA) is 88.0 Å². The zero-order chi connectivity index (χ0) is 27.6. The Morgan fingerprint density at radius 3 is 2.32 bits per heavy atom. The molecule has 6 heteroatoms. The molecule has 6 rings (SSSR count). The minimum absolute atomic E-state index is 0.0205. The molecule has 5 saturated carbocycles. The van der Waals surface area contributed by atoms with Crippen molar-refractivity contribution in [2.45, 2.75) is 130 Å². The van der Waals surface area contributed by atoms with Gasteiger partial charge < -0.3 is 25.0 Å². The van der Waals surface area contributed by atoms with E-state index in [-0.39, 0.29) is 46.6 Å². The third kappa shape index (κ3) is 3.09. The monoisotopic (exact) mass is 531 g/mol. The number of hydrogen-bond donors (Lipinski definition) is 3. The molecule has 0 aromatic heterocycles. The molecule has 5 aliphatic carbocycles. The number of alkyl carbamates (subject to hydrolysis) is 1. The lowest BCUT2D eigenvalue weighted by Crippen LogP contribution is -2.59. The van der Waals surface area contributed by atoms with Crippen LogP contribution in [0.3, 0.4) is 0 Å². The molecule has 0 bridgehead atoms. The van der Waals surface area contributed by atoms with E-state index >= 15 is 0 Å². The van der Waals surface area contributed by atoms with E-state index < -0.39 is 12.2 Å². The molecule has 13 atom stereocenters. The molecule has 6 nitrogen and oxygen atoms in total. The number of fused-ring (bicyclic) bond motifs is 4. The summed E-state index contributed by atoms with van der Waals surface area (Å²) in [5, 5.41) is 25.9. The number of aliphatic hydroxyl groups is 2. The Morgan fingerprint density at radius 1 is 1.00 bits per heavy atom. The van der Waals surface area contributed by atoms with Crippen LogP contribution in [0.2, 0.25) is 0 Å². The molecule has 1 saturated heterocycles. The van der Waals surface area contributed by atoms with Crippen LogP contribution in [0.1, 0.15) is 99.8 Å². The van der Waals surface area contributed by atoms with Gasteiger partial charge in [-0.1, -0.05) is 48.5 Å². The molecule has 9 unspecified atom stereocenters. The third-order valence-electron chi connectivity index (χ3n) is 14.3. The van der Waals surface area contributed by atoms with Crippen LogP contribution in [0, 0.1) is 56.7 Å². The highest BCUT2D eigenvalue weighted by Crippen LogP contribution is 2.89. The Morgan fingerprint density at radius 2 is 1.66 bits per heavy atom. The fourth-order valence-electron chi connectivity index (χ4n) is 12.4. The van der Waals surface area contributed by atoms with Gasteiger partial charge in [-0.25, -0.2) is 4.79 Å². The fraction of sp³-hybridized carbons (Fsp3) is 0.969. The highest BCUT2D eigenvalue weighted by molar-refractivity contribution is 5.66. The second-order valence-corrected chi connectivity index (χ2v) is 15.9. The summed E-state index contributed by atoms with van der Waals surface area (Å²) < 4.78 is 12.7. The van der Waals surface area contributed by atoms with Crippen LogP contribution in [0.5, 0.6) is 0 Å². The predicted octanol–water partition coefficient (Wildman–Crippen LogP) is 5.54. The minimum atomic E-state index is -0.519. The molecule has 1 amide bonds. The second-order valence-electron chi connectivity index (χ2n) is 15.9. The van der Waals surface area contributed by atoms with Crippen LogP contribution in [-0.4, -0.2) is 53.9 Å². The van der Waals surface area contributed by atoms with Crippen LogP contribution in [0.25, 0.3) is 0 Å². The van der Waals surface area contributed by atoms with Crippen molar-refractivity contribution < 1.29 is 24.5 Å². The summed E-state index contributed by atoms with van der Waals surface area (Å²) in [6.07, 6.45) is 7.03. The van der Waals surface area contributed by atoms with Gasteiger partial charge in [0.15, 0.2) is 0 Å². The summed E-state index contributed by atoms with van der Waals surface area (Å²) in [6, 6.07) is 0. The largest absolute Gasteiger partial charge is 0.443 e. The van der Waals surface area contributed by atoms with Crippen molar-refractivity contribution in [2.24, 2.45) is 56.7 Å². The van der Waals surface area contributed by atoms with Crippen molar-refractivity contribution in [3.8, 4) is 0 Å². The first-order chi connectivity index (χ1) is 17.7. The van der Waals surface area contributed by atoms with E-state index in [0.29, 0.717) is 34.5 Å². The lowest BCUT2D eigenvalue weighted by Gasteiger charge is -2.63. The van der Waals surface area contributed by atoms with Crippen LogP contribution in [-0.2, 0) is 9.47 Å². The average molecular weight is 532 g/mol. The quantitative estimate of drug-likeness (QED) is 0.445. The van der Waals surface area contributed by atoms with E-state index in [2.05, 4.69) is 53.8 Å². The molecule has 0 aromatic carbocycles. The van der Waals surface area contributed by atoms with Gasteiger partial charge in [0, 0.05) is 12.5 Å². The Balaban J connectivity index is 1.33. The van der Waals surface area contributed by atoms with E-state index in [1.807, 2.05) is 0 Å². The van der Waals surface area contributed by atoms with E-state index in [4.69, 9.17) is 9.47 Å². The average Bonchev–Trinajstić information content (AvgIpc) is 3.49. The number of aliphatic hydroxyl groups excluding tert-OH is 2. The van der Waals surface area contributed by atoms with E-state index in [1.54, 1.807) is 7.05 Å². The van der Waals surface area contributed by atoms with Crippen molar-refractivity contribution in [1.29, 1.82) is 0 Å². The number of hydrogen-bond acceptors (Lipinski definition) is 5. The molecule has 38 heavy (non-hydrogen) atoms. The van der Waals surface area contributed by atoms with Gasteiger partial charge >= 0.3 is 6.09 Å². The van der Waals surface area contributed by atoms with Gasteiger partial charge in [-0.3, -0.25) is 0 Å². The molecular weight excluding hydrogens is 478 g/mol.